The lowest BCUT2D eigenvalue weighted by Gasteiger charge is -2.39. The lowest BCUT2D eigenvalue weighted by molar-refractivity contribution is -0.133. The van der Waals surface area contributed by atoms with Crippen molar-refractivity contribution in [3.05, 3.63) is 33.3 Å². The smallest absolute Gasteiger partial charge is 0.226 e. The van der Waals surface area contributed by atoms with E-state index in [0.717, 1.165) is 53.9 Å². The minimum Gasteiger partial charge on any atom is -0.417 e. The van der Waals surface area contributed by atoms with E-state index in [-0.39, 0.29) is 11.0 Å². The molecule has 2 fully saturated rings. The Balaban J connectivity index is 1.49. The molecule has 3 rings (SSSR count). The van der Waals surface area contributed by atoms with Crippen molar-refractivity contribution in [2.75, 3.05) is 13.2 Å². The minimum atomic E-state index is -1.68. The fourth-order valence-corrected chi connectivity index (χ4v) is 6.27. The van der Waals surface area contributed by atoms with Crippen LogP contribution in [0, 0.1) is 11.8 Å². The first-order chi connectivity index (χ1) is 14.0. The number of amides is 1. The fourth-order valence-electron chi connectivity index (χ4n) is 4.43. The highest BCUT2D eigenvalue weighted by Gasteiger charge is 2.40. The summed E-state index contributed by atoms with van der Waals surface area (Å²) in [7, 11) is -1.68. The van der Waals surface area contributed by atoms with Gasteiger partial charge in [0, 0.05) is 34.6 Å². The maximum atomic E-state index is 13.1. The van der Waals surface area contributed by atoms with Crippen molar-refractivity contribution >= 4 is 41.8 Å². The van der Waals surface area contributed by atoms with Gasteiger partial charge < -0.3 is 9.33 Å². The van der Waals surface area contributed by atoms with Crippen molar-refractivity contribution in [2.24, 2.45) is 11.8 Å². The van der Waals surface area contributed by atoms with Crippen molar-refractivity contribution in [1.82, 2.24) is 4.90 Å². The molecule has 2 aliphatic rings. The van der Waals surface area contributed by atoms with E-state index in [2.05, 4.69) is 54.7 Å². The van der Waals surface area contributed by atoms with E-state index in [4.69, 9.17) is 16.0 Å². The zero-order chi connectivity index (χ0) is 22.1. The predicted molar refractivity (Wildman–Crippen MR) is 132 cm³/mol. The van der Waals surface area contributed by atoms with E-state index in [1.807, 2.05) is 18.2 Å². The van der Waals surface area contributed by atoms with Gasteiger partial charge in [-0.15, -0.1) is 0 Å². The number of carbonyl (C=O) groups is 1. The van der Waals surface area contributed by atoms with Gasteiger partial charge in [0.2, 0.25) is 5.91 Å². The molecule has 1 amide bonds. The lowest BCUT2D eigenvalue weighted by Crippen LogP contribution is -2.43. The maximum absolute atomic E-state index is 13.1. The fraction of sp³-hybridized carbons (Fsp3) is 0.708. The van der Waals surface area contributed by atoms with Gasteiger partial charge in [0.05, 0.1) is 0 Å². The molecule has 0 bridgehead atoms. The number of benzene rings is 1. The highest BCUT2D eigenvalue weighted by atomic mass is 79.9. The van der Waals surface area contributed by atoms with Crippen LogP contribution in [0.1, 0.15) is 58.4 Å². The van der Waals surface area contributed by atoms with Crippen molar-refractivity contribution in [3.63, 3.8) is 0 Å². The molecule has 1 aliphatic carbocycles. The zero-order valence-electron chi connectivity index (χ0n) is 19.1. The minimum absolute atomic E-state index is 0.0725. The average molecular weight is 515 g/mol. The highest BCUT2D eigenvalue weighted by molar-refractivity contribution is 9.10. The molecule has 1 aliphatic heterocycles. The summed E-state index contributed by atoms with van der Waals surface area (Å²) in [6.45, 7) is 13.3. The van der Waals surface area contributed by atoms with Crippen LogP contribution in [0.2, 0.25) is 23.2 Å². The van der Waals surface area contributed by atoms with Crippen LogP contribution < -0.4 is 0 Å². The van der Waals surface area contributed by atoms with E-state index in [1.165, 1.54) is 12.8 Å². The molecule has 1 unspecified atom stereocenters. The van der Waals surface area contributed by atoms with E-state index in [1.54, 1.807) is 0 Å². The Morgan fingerprint density at radius 2 is 1.83 bits per heavy atom. The van der Waals surface area contributed by atoms with E-state index >= 15 is 0 Å². The molecule has 0 radical (unpaired) electrons. The van der Waals surface area contributed by atoms with Gasteiger partial charge in [-0.2, -0.15) is 0 Å². The summed E-state index contributed by atoms with van der Waals surface area (Å²) in [4.78, 5) is 15.3. The topological polar surface area (TPSA) is 29.5 Å². The molecule has 1 saturated carbocycles. The lowest BCUT2D eigenvalue weighted by atomic mass is 9.86. The van der Waals surface area contributed by atoms with Gasteiger partial charge in [-0.05, 0) is 80.3 Å². The number of hydrogen-bond acceptors (Lipinski definition) is 2. The summed E-state index contributed by atoms with van der Waals surface area (Å²) in [5, 5.41) is 1.01. The number of carbonyl (C=O) groups excluding carboxylic acids is 1. The molecule has 3 nitrogen and oxygen atoms in total. The number of likely N-dealkylation sites (tertiary alicyclic amines) is 1. The van der Waals surface area contributed by atoms with Crippen LogP contribution >= 0.6 is 27.5 Å². The second-order valence-corrected chi connectivity index (χ2v) is 16.8. The molecule has 1 saturated heterocycles. The Labute approximate surface area is 197 Å². The number of rotatable bonds is 6. The van der Waals surface area contributed by atoms with Crippen molar-refractivity contribution < 1.29 is 9.22 Å². The van der Waals surface area contributed by atoms with E-state index in [0.29, 0.717) is 17.9 Å². The van der Waals surface area contributed by atoms with Gasteiger partial charge in [0.25, 0.3) is 0 Å². The largest absolute Gasteiger partial charge is 0.417 e. The zero-order valence-corrected chi connectivity index (χ0v) is 22.5. The average Bonchev–Trinajstić information content (AvgIpc) is 3.02. The van der Waals surface area contributed by atoms with Gasteiger partial charge in [-0.3, -0.25) is 4.79 Å². The van der Waals surface area contributed by atoms with Gasteiger partial charge in [-0.25, -0.2) is 0 Å². The summed E-state index contributed by atoms with van der Waals surface area (Å²) < 4.78 is 7.44. The second kappa shape index (κ2) is 9.64. The van der Waals surface area contributed by atoms with Crippen LogP contribution in [0.5, 0.6) is 0 Å². The molecular formula is C24H37BrClNO2Si. The first-order valence-electron chi connectivity index (χ1n) is 11.4. The van der Waals surface area contributed by atoms with Crippen LogP contribution in [0.25, 0.3) is 0 Å². The SMILES string of the molecule is CC(C)(C)[Si](C)(C)OCC1CCC(N2CCC(Cc3ccc(Br)cc3Cl)C2=O)CC1. The molecule has 6 heteroatoms. The van der Waals surface area contributed by atoms with Gasteiger partial charge >= 0.3 is 0 Å². The molecular weight excluding hydrogens is 478 g/mol. The van der Waals surface area contributed by atoms with Crippen LogP contribution in [-0.4, -0.2) is 38.3 Å². The van der Waals surface area contributed by atoms with Crippen molar-refractivity contribution in [1.29, 1.82) is 0 Å². The predicted octanol–water partition coefficient (Wildman–Crippen LogP) is 7.07. The van der Waals surface area contributed by atoms with Gasteiger partial charge in [0.15, 0.2) is 8.32 Å². The van der Waals surface area contributed by atoms with Crippen LogP contribution in [0.4, 0.5) is 0 Å². The third kappa shape index (κ3) is 5.70. The molecule has 30 heavy (non-hydrogen) atoms. The van der Waals surface area contributed by atoms with Gasteiger partial charge in [0.1, 0.15) is 0 Å². The molecule has 0 spiro atoms. The summed E-state index contributed by atoms with van der Waals surface area (Å²) >= 11 is 9.83. The Hall–Kier alpha value is -0.363. The molecule has 0 aromatic heterocycles. The monoisotopic (exact) mass is 513 g/mol. The normalized spacial score (nSPS) is 25.8. The Morgan fingerprint density at radius 1 is 1.17 bits per heavy atom. The van der Waals surface area contributed by atoms with Crippen LogP contribution in [-0.2, 0) is 15.6 Å². The standard InChI is InChI=1S/C24H37BrClNO2Si/c1-24(2,3)30(4,5)29-16-17-6-10-21(11-7-17)27-13-12-19(23(27)28)14-18-8-9-20(25)15-22(18)26/h8-9,15,17,19,21H,6-7,10-14,16H2,1-5H3. The molecule has 1 atom stereocenters. The van der Waals surface area contributed by atoms with Crippen LogP contribution in [0.3, 0.4) is 0 Å². The third-order valence-electron chi connectivity index (χ3n) is 7.58. The summed E-state index contributed by atoms with van der Waals surface area (Å²) in [6.07, 6.45) is 6.27. The molecule has 1 aromatic rings. The quantitative estimate of drug-likeness (QED) is 0.380. The molecule has 1 heterocycles. The number of halogens is 2. The summed E-state index contributed by atoms with van der Waals surface area (Å²) in [5.41, 5.74) is 1.08. The Morgan fingerprint density at radius 3 is 2.43 bits per heavy atom. The van der Waals surface area contributed by atoms with Crippen LogP contribution in [0.15, 0.2) is 22.7 Å². The number of hydrogen-bond donors (Lipinski definition) is 0. The van der Waals surface area contributed by atoms with Crippen molar-refractivity contribution in [2.45, 2.75) is 83.5 Å². The summed E-state index contributed by atoms with van der Waals surface area (Å²) in [6, 6.07) is 6.37. The van der Waals surface area contributed by atoms with E-state index < -0.39 is 8.32 Å². The first kappa shape index (κ1) is 24.3. The molecule has 1 aromatic carbocycles. The highest BCUT2D eigenvalue weighted by Crippen LogP contribution is 2.38. The van der Waals surface area contributed by atoms with E-state index in [9.17, 15) is 4.79 Å². The van der Waals surface area contributed by atoms with Crippen molar-refractivity contribution in [3.8, 4) is 0 Å². The Kier molecular flexibility index (Phi) is 7.80. The Bertz CT molecular complexity index is 756. The maximum Gasteiger partial charge on any atom is 0.226 e. The van der Waals surface area contributed by atoms with Gasteiger partial charge in [-0.1, -0.05) is 54.4 Å². The third-order valence-corrected chi connectivity index (χ3v) is 12.9. The first-order valence-corrected chi connectivity index (χ1v) is 15.4. The number of nitrogens with zero attached hydrogens (tertiary/aromatic N) is 1. The summed E-state index contributed by atoms with van der Waals surface area (Å²) in [5.74, 6) is 1.05. The second-order valence-electron chi connectivity index (χ2n) is 10.7. The molecule has 168 valence electrons. The molecule has 0 N–H and O–H groups in total.